The van der Waals surface area contributed by atoms with Gasteiger partial charge in [-0.3, -0.25) is 4.79 Å². The Morgan fingerprint density at radius 3 is 2.45 bits per heavy atom. The van der Waals surface area contributed by atoms with Gasteiger partial charge in [-0.2, -0.15) is 0 Å². The Hall–Kier alpha value is -3.32. The van der Waals surface area contributed by atoms with Crippen molar-refractivity contribution in [1.82, 2.24) is 5.32 Å². The second-order valence-electron chi connectivity index (χ2n) is 6.72. The lowest BCUT2D eigenvalue weighted by atomic mass is 10.2. The van der Waals surface area contributed by atoms with Gasteiger partial charge in [0.25, 0.3) is 5.91 Å². The van der Waals surface area contributed by atoms with Crippen molar-refractivity contribution in [3.63, 3.8) is 0 Å². The second-order valence-corrected chi connectivity index (χ2v) is 8.71. The molecule has 0 bridgehead atoms. The molecule has 0 radical (unpaired) electrons. The van der Waals surface area contributed by atoms with Crippen molar-refractivity contribution in [2.24, 2.45) is 0 Å². The van der Waals surface area contributed by atoms with Gasteiger partial charge in [0.1, 0.15) is 22.9 Å². The van der Waals surface area contributed by atoms with E-state index in [0.29, 0.717) is 5.76 Å². The van der Waals surface area contributed by atoms with Gasteiger partial charge in [0, 0.05) is 5.39 Å². The molecular weight excluding hydrogens is 390 g/mol. The highest BCUT2D eigenvalue weighted by molar-refractivity contribution is 7.90. The third kappa shape index (κ3) is 4.09. The lowest BCUT2D eigenvalue weighted by molar-refractivity contribution is 0.0906. The monoisotopic (exact) mass is 409 g/mol. The van der Waals surface area contributed by atoms with Gasteiger partial charge in [-0.05, 0) is 43.3 Å². The van der Waals surface area contributed by atoms with E-state index in [0.717, 1.165) is 11.0 Å². The number of nitrogens with one attached hydrogen (secondary N) is 1. The molecule has 1 amide bonds. The summed E-state index contributed by atoms with van der Waals surface area (Å²) in [4.78, 5) is 12.7. The summed E-state index contributed by atoms with van der Waals surface area (Å²) in [7, 11) is -3.55. The smallest absolute Gasteiger partial charge is 0.287 e. The fraction of sp³-hybridized carbons (Fsp3) is 0.136. The number of rotatable bonds is 6. The Balaban J connectivity index is 1.45. The molecule has 0 fully saturated rings. The highest BCUT2D eigenvalue weighted by Gasteiger charge is 2.21. The highest BCUT2D eigenvalue weighted by Crippen LogP contribution is 2.24. The van der Waals surface area contributed by atoms with Gasteiger partial charge >= 0.3 is 0 Å². The molecule has 1 N–H and O–H groups in total. The number of carbonyl (C=O) groups excluding carboxylic acids is 1. The third-order valence-electron chi connectivity index (χ3n) is 4.54. The van der Waals surface area contributed by atoms with Crippen LogP contribution >= 0.6 is 0 Å². The minimum absolute atomic E-state index is 0.0474. The van der Waals surface area contributed by atoms with Crippen molar-refractivity contribution in [3.8, 4) is 0 Å². The molecule has 1 atom stereocenters. The number of fused-ring (bicyclic) bond motifs is 1. The number of carbonyl (C=O) groups is 1. The third-order valence-corrected chi connectivity index (χ3v) is 6.19. The van der Waals surface area contributed by atoms with Crippen LogP contribution in [0.2, 0.25) is 0 Å². The van der Waals surface area contributed by atoms with Crippen molar-refractivity contribution < 1.29 is 22.0 Å². The van der Waals surface area contributed by atoms with Gasteiger partial charge in [-0.1, -0.05) is 36.4 Å². The lowest BCUT2D eigenvalue weighted by Crippen LogP contribution is -2.25. The van der Waals surface area contributed by atoms with Crippen LogP contribution in [0.5, 0.6) is 0 Å². The fourth-order valence-corrected chi connectivity index (χ4v) is 4.30. The summed E-state index contributed by atoms with van der Waals surface area (Å²) in [6, 6.07) is 20.2. The predicted molar refractivity (Wildman–Crippen MR) is 108 cm³/mol. The molecule has 148 valence electrons. The van der Waals surface area contributed by atoms with Crippen molar-refractivity contribution in [2.45, 2.75) is 23.6 Å². The maximum Gasteiger partial charge on any atom is 0.287 e. The average Bonchev–Trinajstić information content (AvgIpc) is 3.35. The number of hydrogen-bond acceptors (Lipinski definition) is 5. The maximum absolute atomic E-state index is 12.5. The van der Waals surface area contributed by atoms with Crippen LogP contribution < -0.4 is 5.32 Å². The number of hydrogen-bond donors (Lipinski definition) is 1. The average molecular weight is 409 g/mol. The minimum atomic E-state index is -3.55. The molecule has 4 aromatic rings. The predicted octanol–water partition coefficient (Wildman–Crippen LogP) is 4.49. The first kappa shape index (κ1) is 19.0. The van der Waals surface area contributed by atoms with E-state index in [1.807, 2.05) is 30.3 Å². The summed E-state index contributed by atoms with van der Waals surface area (Å²) in [5.41, 5.74) is 0.745. The summed E-state index contributed by atoms with van der Waals surface area (Å²) < 4.78 is 36.2. The molecule has 0 saturated carbocycles. The quantitative estimate of drug-likeness (QED) is 0.507. The van der Waals surface area contributed by atoms with E-state index in [2.05, 4.69) is 5.32 Å². The summed E-state index contributed by atoms with van der Waals surface area (Å²) in [5, 5.41) is 3.76. The Kier molecular flexibility index (Phi) is 4.98. The molecular formula is C22H19NO5S. The standard InChI is InChI=1S/C22H19NO5S/c1-15(21-13-16-7-5-6-10-19(16)28-21)23-22(24)20-12-11-17(27-20)14-29(25,26)18-8-3-2-4-9-18/h2-13,15H,14H2,1H3,(H,23,24). The van der Waals surface area contributed by atoms with E-state index in [1.165, 1.54) is 24.3 Å². The van der Waals surface area contributed by atoms with Crippen molar-refractivity contribution in [3.05, 3.63) is 90.1 Å². The second kappa shape index (κ2) is 7.60. The molecule has 0 saturated heterocycles. The molecule has 1 unspecified atom stereocenters. The minimum Gasteiger partial charge on any atom is -0.459 e. The molecule has 2 aromatic carbocycles. The topological polar surface area (TPSA) is 89.5 Å². The lowest BCUT2D eigenvalue weighted by Gasteiger charge is -2.09. The summed E-state index contributed by atoms with van der Waals surface area (Å²) >= 11 is 0. The zero-order valence-corrected chi connectivity index (χ0v) is 16.5. The largest absolute Gasteiger partial charge is 0.459 e. The summed E-state index contributed by atoms with van der Waals surface area (Å²) in [6.07, 6.45) is 0. The van der Waals surface area contributed by atoms with Crippen LogP contribution in [0.3, 0.4) is 0 Å². The van der Waals surface area contributed by atoms with E-state index >= 15 is 0 Å². The number of amides is 1. The van der Waals surface area contributed by atoms with E-state index in [1.54, 1.807) is 25.1 Å². The SMILES string of the molecule is CC(NC(=O)c1ccc(CS(=O)(=O)c2ccccc2)o1)c1cc2ccccc2o1. The van der Waals surface area contributed by atoms with Gasteiger partial charge in [0.2, 0.25) is 0 Å². The van der Waals surface area contributed by atoms with Gasteiger partial charge in [0.05, 0.1) is 10.9 Å². The molecule has 0 aliphatic carbocycles. The molecule has 2 heterocycles. The van der Waals surface area contributed by atoms with Gasteiger partial charge in [-0.15, -0.1) is 0 Å². The molecule has 7 heteroatoms. The van der Waals surface area contributed by atoms with Crippen LogP contribution in [0.4, 0.5) is 0 Å². The summed E-state index contributed by atoms with van der Waals surface area (Å²) in [6.45, 7) is 1.80. The van der Waals surface area contributed by atoms with Crippen LogP contribution in [0.1, 0.15) is 35.0 Å². The molecule has 0 aliphatic rings. The Bertz CT molecular complexity index is 1220. The first-order valence-corrected chi connectivity index (χ1v) is 10.7. The fourth-order valence-electron chi connectivity index (χ4n) is 3.03. The molecule has 29 heavy (non-hydrogen) atoms. The number of para-hydroxylation sites is 1. The molecule has 4 rings (SSSR count). The zero-order chi connectivity index (χ0) is 20.4. The maximum atomic E-state index is 12.5. The van der Waals surface area contributed by atoms with E-state index in [-0.39, 0.29) is 28.2 Å². The molecule has 2 aromatic heterocycles. The Labute approximate surface area is 168 Å². The van der Waals surface area contributed by atoms with Crippen LogP contribution in [-0.4, -0.2) is 14.3 Å². The van der Waals surface area contributed by atoms with Gasteiger partial charge in [0.15, 0.2) is 15.6 Å². The molecule has 0 aliphatic heterocycles. The van der Waals surface area contributed by atoms with E-state index < -0.39 is 15.7 Å². The van der Waals surface area contributed by atoms with Gasteiger partial charge in [-0.25, -0.2) is 8.42 Å². The van der Waals surface area contributed by atoms with E-state index in [9.17, 15) is 13.2 Å². The van der Waals surface area contributed by atoms with Crippen molar-refractivity contribution in [2.75, 3.05) is 0 Å². The van der Waals surface area contributed by atoms with Crippen molar-refractivity contribution in [1.29, 1.82) is 0 Å². The van der Waals surface area contributed by atoms with Crippen molar-refractivity contribution >= 4 is 26.7 Å². The van der Waals surface area contributed by atoms with Crippen LogP contribution in [-0.2, 0) is 15.6 Å². The molecule has 6 nitrogen and oxygen atoms in total. The number of furan rings is 2. The normalized spacial score (nSPS) is 12.7. The highest BCUT2D eigenvalue weighted by atomic mass is 32.2. The summed E-state index contributed by atoms with van der Waals surface area (Å²) in [5.74, 6) is 0.115. The van der Waals surface area contributed by atoms with Crippen LogP contribution in [0.25, 0.3) is 11.0 Å². The first-order valence-electron chi connectivity index (χ1n) is 9.08. The van der Waals surface area contributed by atoms with Crippen LogP contribution in [0, 0.1) is 0 Å². The van der Waals surface area contributed by atoms with E-state index in [4.69, 9.17) is 8.83 Å². The molecule has 0 spiro atoms. The number of benzene rings is 2. The Morgan fingerprint density at radius 1 is 0.966 bits per heavy atom. The first-order chi connectivity index (χ1) is 13.9. The zero-order valence-electron chi connectivity index (χ0n) is 15.7. The number of sulfone groups is 1. The Morgan fingerprint density at radius 2 is 1.69 bits per heavy atom. The van der Waals surface area contributed by atoms with Gasteiger partial charge < -0.3 is 14.2 Å². The van der Waals surface area contributed by atoms with Crippen LogP contribution in [0.15, 0.2) is 86.5 Å².